The van der Waals surface area contributed by atoms with Gasteiger partial charge in [-0.25, -0.2) is 0 Å². The Morgan fingerprint density at radius 2 is 1.85 bits per heavy atom. The van der Waals surface area contributed by atoms with E-state index in [-0.39, 0.29) is 32.7 Å². The van der Waals surface area contributed by atoms with Gasteiger partial charge in [0.1, 0.15) is 0 Å². The quantitative estimate of drug-likeness (QED) is 0.543. The summed E-state index contributed by atoms with van der Waals surface area (Å²) in [5.41, 5.74) is 1.51. The van der Waals surface area contributed by atoms with E-state index in [1.54, 1.807) is 0 Å². The number of nitrogens with zero attached hydrogens (tertiary/aromatic N) is 1. The monoisotopic (exact) mass is 382 g/mol. The molecule has 0 atom stereocenters. The summed E-state index contributed by atoms with van der Waals surface area (Å²) in [6.45, 7) is 9.09. The molecule has 2 aromatic rings. The summed E-state index contributed by atoms with van der Waals surface area (Å²) >= 11 is 4.87. The van der Waals surface area contributed by atoms with Gasteiger partial charge < -0.3 is 27.4 Å². The number of hydrogen-bond donors (Lipinski definition) is 0. The Kier molecular flexibility index (Phi) is 10.6. The Hall–Kier alpha value is 0.564. The van der Waals surface area contributed by atoms with Crippen LogP contribution < -0.4 is 4.98 Å². The van der Waals surface area contributed by atoms with E-state index in [1.807, 2.05) is 30.5 Å². The molecule has 0 bridgehead atoms. The third-order valence-corrected chi connectivity index (χ3v) is 4.07. The van der Waals surface area contributed by atoms with Crippen LogP contribution in [0.2, 0.25) is 0 Å². The average Bonchev–Trinajstić information content (AvgIpc) is 2.75. The maximum Gasteiger partial charge on any atom is 0 e. The second kappa shape index (κ2) is 10.3. The van der Waals surface area contributed by atoms with E-state index < -0.39 is 0 Å². The van der Waals surface area contributed by atoms with Gasteiger partial charge in [-0.15, -0.1) is 5.52 Å². The van der Waals surface area contributed by atoms with Gasteiger partial charge in [0.25, 0.3) is 0 Å². The van der Waals surface area contributed by atoms with Crippen molar-refractivity contribution in [2.24, 2.45) is 11.3 Å². The molecule has 0 fully saturated rings. The summed E-state index contributed by atoms with van der Waals surface area (Å²) in [6, 6.07) is 10.1. The number of rotatable bonds is 4. The van der Waals surface area contributed by atoms with Crippen LogP contribution in [-0.2, 0) is 44.4 Å². The summed E-state index contributed by atoms with van der Waals surface area (Å²) in [7, 11) is 1.53. The molecule has 1 nitrogen and oxygen atoms in total. The molecule has 0 aliphatic heterocycles. The van der Waals surface area contributed by atoms with Crippen LogP contribution in [0.25, 0.3) is 10.9 Å². The van der Waals surface area contributed by atoms with Crippen molar-refractivity contribution >= 4 is 33.4 Å². The first kappa shape index (κ1) is 20.6. The molecular formula is C16H23NS2Y-2. The van der Waals surface area contributed by atoms with E-state index in [4.69, 9.17) is 11.7 Å². The minimum atomic E-state index is 0. The molecule has 0 aliphatic rings. The van der Waals surface area contributed by atoms with Crippen molar-refractivity contribution < 1.29 is 32.7 Å². The van der Waals surface area contributed by atoms with Crippen LogP contribution in [0.5, 0.6) is 0 Å². The summed E-state index contributed by atoms with van der Waals surface area (Å²) in [4.78, 5) is 4.12. The Bertz CT molecular complexity index is 450. The SMILES string of the molecule is CC(C)CC(C)(C)CS[S-].[Y].c1ccc2[n-]ccc2c1. The smallest absolute Gasteiger partial charge is 0 e. The fourth-order valence-corrected chi connectivity index (χ4v) is 3.66. The van der Waals surface area contributed by atoms with Crippen molar-refractivity contribution in [3.63, 3.8) is 0 Å². The molecule has 0 amide bonds. The number of para-hydroxylation sites is 1. The van der Waals surface area contributed by atoms with E-state index >= 15 is 0 Å². The fourth-order valence-electron chi connectivity index (χ4n) is 2.27. The van der Waals surface area contributed by atoms with Crippen LogP contribution in [0.15, 0.2) is 36.5 Å². The Balaban J connectivity index is 0.000000344. The topological polar surface area (TPSA) is 14.1 Å². The molecule has 0 saturated carbocycles. The van der Waals surface area contributed by atoms with Crippen molar-refractivity contribution in [3.8, 4) is 0 Å². The predicted octanol–water partition coefficient (Wildman–Crippen LogP) is 5.05. The van der Waals surface area contributed by atoms with Gasteiger partial charge in [0.05, 0.1) is 0 Å². The maximum absolute atomic E-state index is 4.87. The van der Waals surface area contributed by atoms with Crippen molar-refractivity contribution in [2.75, 3.05) is 5.75 Å². The normalized spacial score (nSPS) is 10.9. The van der Waals surface area contributed by atoms with E-state index in [0.29, 0.717) is 5.41 Å². The predicted molar refractivity (Wildman–Crippen MR) is 90.3 cm³/mol. The van der Waals surface area contributed by atoms with E-state index in [2.05, 4.69) is 38.7 Å². The van der Waals surface area contributed by atoms with Gasteiger partial charge in [-0.05, 0) is 28.9 Å². The summed E-state index contributed by atoms with van der Waals surface area (Å²) in [6.07, 6.45) is 3.10. The number of fused-ring (bicyclic) bond motifs is 1. The molecule has 0 N–H and O–H groups in total. The number of benzene rings is 1. The molecule has 1 radical (unpaired) electrons. The van der Waals surface area contributed by atoms with Gasteiger partial charge in [-0.1, -0.05) is 58.0 Å². The fraction of sp³-hybridized carbons (Fsp3) is 0.500. The molecule has 109 valence electrons. The third-order valence-electron chi connectivity index (χ3n) is 2.81. The van der Waals surface area contributed by atoms with Crippen molar-refractivity contribution in [1.82, 2.24) is 4.98 Å². The number of hydrogen-bond acceptors (Lipinski definition) is 2. The molecule has 20 heavy (non-hydrogen) atoms. The summed E-state index contributed by atoms with van der Waals surface area (Å²) in [5.74, 6) is 1.89. The average molecular weight is 382 g/mol. The zero-order valence-corrected chi connectivity index (χ0v) is 17.3. The molecule has 1 aromatic carbocycles. The van der Waals surface area contributed by atoms with Gasteiger partial charge in [-0.2, -0.15) is 6.20 Å². The first-order valence-corrected chi connectivity index (χ1v) is 8.57. The molecular weight excluding hydrogens is 359 g/mol. The van der Waals surface area contributed by atoms with Crippen LogP contribution in [0, 0.1) is 11.3 Å². The second-order valence-corrected chi connectivity index (χ2v) is 7.26. The summed E-state index contributed by atoms with van der Waals surface area (Å²) in [5, 5.41) is 1.22. The minimum absolute atomic E-state index is 0. The zero-order valence-electron chi connectivity index (χ0n) is 12.8. The largest absolute Gasteiger partial charge is 0.719 e. The van der Waals surface area contributed by atoms with Gasteiger partial charge in [0, 0.05) is 32.7 Å². The maximum atomic E-state index is 4.87. The molecule has 0 aliphatic carbocycles. The minimum Gasteiger partial charge on any atom is -0.719 e. The molecule has 0 spiro atoms. The molecule has 1 heterocycles. The van der Waals surface area contributed by atoms with Crippen LogP contribution >= 0.6 is 10.8 Å². The molecule has 0 saturated heterocycles. The van der Waals surface area contributed by atoms with E-state index in [0.717, 1.165) is 17.2 Å². The van der Waals surface area contributed by atoms with E-state index in [9.17, 15) is 0 Å². The summed E-state index contributed by atoms with van der Waals surface area (Å²) < 4.78 is 0. The van der Waals surface area contributed by atoms with Crippen molar-refractivity contribution in [1.29, 1.82) is 0 Å². The van der Waals surface area contributed by atoms with Gasteiger partial charge in [0.15, 0.2) is 0 Å². The second-order valence-electron chi connectivity index (χ2n) is 6.03. The first-order valence-electron chi connectivity index (χ1n) is 6.66. The van der Waals surface area contributed by atoms with Gasteiger partial charge in [0.2, 0.25) is 0 Å². The Labute approximate surface area is 157 Å². The van der Waals surface area contributed by atoms with Crippen LogP contribution in [0.1, 0.15) is 34.1 Å². The molecule has 2 rings (SSSR count). The van der Waals surface area contributed by atoms with E-state index in [1.165, 1.54) is 22.6 Å². The standard InChI is InChI=1S/C8H6N.C8H18S2.Y/c1-2-4-8-7(3-1)5-6-9-8;1-7(2)5-8(3,4)6-10-9;/h1-6H;7,9H,5-6H2,1-4H3;/q-1;;/p-1. The first-order chi connectivity index (χ1) is 8.94. The molecule has 0 unspecified atom stereocenters. The molecule has 1 aromatic heterocycles. The Morgan fingerprint density at radius 3 is 2.40 bits per heavy atom. The van der Waals surface area contributed by atoms with Crippen molar-refractivity contribution in [2.45, 2.75) is 34.1 Å². The zero-order chi connectivity index (χ0) is 14.3. The van der Waals surface area contributed by atoms with Gasteiger partial charge in [-0.3, -0.25) is 0 Å². The third kappa shape index (κ3) is 8.12. The Morgan fingerprint density at radius 1 is 1.20 bits per heavy atom. The molecule has 4 heteroatoms. The van der Waals surface area contributed by atoms with Crippen molar-refractivity contribution in [3.05, 3.63) is 36.5 Å². The van der Waals surface area contributed by atoms with Crippen LogP contribution in [0.4, 0.5) is 0 Å². The number of aromatic nitrogens is 1. The van der Waals surface area contributed by atoms with Crippen LogP contribution in [-0.4, -0.2) is 5.75 Å². The van der Waals surface area contributed by atoms with Crippen LogP contribution in [0.3, 0.4) is 0 Å². The van der Waals surface area contributed by atoms with Gasteiger partial charge >= 0.3 is 0 Å².